The van der Waals surface area contributed by atoms with E-state index in [-0.39, 0.29) is 0 Å². The van der Waals surface area contributed by atoms with Crippen molar-refractivity contribution in [2.24, 2.45) is 5.92 Å². The van der Waals surface area contributed by atoms with E-state index in [4.69, 9.17) is 4.74 Å². The number of para-hydroxylation sites is 1. The third kappa shape index (κ3) is 2.42. The highest BCUT2D eigenvalue weighted by molar-refractivity contribution is 8.00. The van der Waals surface area contributed by atoms with Gasteiger partial charge >= 0.3 is 0 Å². The SMILES string of the molecule is C1=C[C@H]2c3ccccc3N[C@@H](c3cccc(OC4CSC4)c3)[C@@H]2C1. The lowest BCUT2D eigenvalue weighted by Crippen LogP contribution is -2.31. The van der Waals surface area contributed by atoms with Crippen LogP contribution in [0.3, 0.4) is 0 Å². The fraction of sp³-hybridized carbons (Fsp3) is 0.333. The monoisotopic (exact) mass is 335 g/mol. The van der Waals surface area contributed by atoms with Gasteiger partial charge in [-0.2, -0.15) is 11.8 Å². The van der Waals surface area contributed by atoms with Gasteiger partial charge in [0.25, 0.3) is 0 Å². The Morgan fingerprint density at radius 2 is 1.96 bits per heavy atom. The van der Waals surface area contributed by atoms with Gasteiger partial charge in [-0.1, -0.05) is 42.5 Å². The molecule has 0 amide bonds. The van der Waals surface area contributed by atoms with E-state index < -0.39 is 0 Å². The lowest BCUT2D eigenvalue weighted by Gasteiger charge is -2.37. The quantitative estimate of drug-likeness (QED) is 0.797. The van der Waals surface area contributed by atoms with E-state index >= 15 is 0 Å². The standard InChI is InChI=1S/C21H21NOS/c1-2-10-20-18(7-1)17-8-4-9-19(17)21(22-20)14-5-3-6-15(11-14)23-16-12-24-13-16/h1-8,10-11,16-17,19,21-22H,9,12-13H2/t17-,19+,21-/m0/s1. The van der Waals surface area contributed by atoms with Crippen LogP contribution in [0.15, 0.2) is 60.7 Å². The van der Waals surface area contributed by atoms with E-state index in [0.717, 1.165) is 23.7 Å². The molecule has 0 radical (unpaired) electrons. The Morgan fingerprint density at radius 1 is 1.04 bits per heavy atom. The van der Waals surface area contributed by atoms with Gasteiger partial charge in [-0.3, -0.25) is 0 Å². The average molecular weight is 335 g/mol. The minimum atomic E-state index is 0.346. The number of hydrogen-bond donors (Lipinski definition) is 1. The molecule has 24 heavy (non-hydrogen) atoms. The Bertz CT molecular complexity index is 783. The van der Waals surface area contributed by atoms with Crippen molar-refractivity contribution in [2.45, 2.75) is 24.5 Å². The molecule has 1 N–H and O–H groups in total. The van der Waals surface area contributed by atoms with Gasteiger partial charge in [-0.05, 0) is 41.7 Å². The maximum absolute atomic E-state index is 6.10. The van der Waals surface area contributed by atoms with Crippen LogP contribution in [0.4, 0.5) is 5.69 Å². The topological polar surface area (TPSA) is 21.3 Å². The molecule has 3 atom stereocenters. The Morgan fingerprint density at radius 3 is 2.83 bits per heavy atom. The molecule has 2 nitrogen and oxygen atoms in total. The van der Waals surface area contributed by atoms with Crippen LogP contribution in [0, 0.1) is 5.92 Å². The number of allylic oxidation sites excluding steroid dienone is 2. The zero-order chi connectivity index (χ0) is 15.9. The molecule has 122 valence electrons. The second-order valence-corrected chi connectivity index (χ2v) is 7.99. The number of nitrogens with one attached hydrogen (secondary N) is 1. The van der Waals surface area contributed by atoms with Crippen LogP contribution in [0.1, 0.15) is 29.5 Å². The molecule has 0 bridgehead atoms. The number of anilines is 1. The van der Waals surface area contributed by atoms with E-state index in [1.807, 2.05) is 11.8 Å². The maximum Gasteiger partial charge on any atom is 0.120 e. The number of fused-ring (bicyclic) bond motifs is 3. The van der Waals surface area contributed by atoms with E-state index in [1.165, 1.54) is 16.8 Å². The van der Waals surface area contributed by atoms with Gasteiger partial charge in [0, 0.05) is 23.1 Å². The van der Waals surface area contributed by atoms with Gasteiger partial charge in [0.15, 0.2) is 0 Å². The zero-order valence-corrected chi connectivity index (χ0v) is 14.3. The van der Waals surface area contributed by atoms with E-state index in [2.05, 4.69) is 66.0 Å². The lowest BCUT2D eigenvalue weighted by atomic mass is 9.77. The minimum absolute atomic E-state index is 0.346. The van der Waals surface area contributed by atoms with Crippen molar-refractivity contribution in [3.05, 3.63) is 71.8 Å². The number of thioether (sulfide) groups is 1. The molecule has 1 saturated heterocycles. The maximum atomic E-state index is 6.10. The Hall–Kier alpha value is -1.87. The average Bonchev–Trinajstić information content (AvgIpc) is 3.08. The first-order valence-electron chi connectivity index (χ1n) is 8.75. The molecule has 1 aliphatic carbocycles. The molecule has 2 heterocycles. The Labute approximate surface area is 147 Å². The predicted molar refractivity (Wildman–Crippen MR) is 101 cm³/mol. The number of ether oxygens (including phenoxy) is 1. The van der Waals surface area contributed by atoms with Crippen molar-refractivity contribution in [1.82, 2.24) is 0 Å². The molecule has 0 spiro atoms. The van der Waals surface area contributed by atoms with Crippen molar-refractivity contribution in [3.8, 4) is 5.75 Å². The smallest absolute Gasteiger partial charge is 0.120 e. The van der Waals surface area contributed by atoms with Gasteiger partial charge in [0.1, 0.15) is 11.9 Å². The normalized spacial score (nSPS) is 27.8. The molecule has 2 aromatic carbocycles. The molecular weight excluding hydrogens is 314 g/mol. The van der Waals surface area contributed by atoms with Crippen LogP contribution in [-0.2, 0) is 0 Å². The van der Waals surface area contributed by atoms with Crippen LogP contribution in [-0.4, -0.2) is 17.6 Å². The molecule has 1 fully saturated rings. The van der Waals surface area contributed by atoms with Crippen molar-refractivity contribution in [2.75, 3.05) is 16.8 Å². The third-order valence-electron chi connectivity index (χ3n) is 5.40. The van der Waals surface area contributed by atoms with Crippen LogP contribution in [0.25, 0.3) is 0 Å². The molecule has 2 aliphatic heterocycles. The van der Waals surface area contributed by atoms with Crippen molar-refractivity contribution in [1.29, 1.82) is 0 Å². The third-order valence-corrected chi connectivity index (χ3v) is 6.61. The van der Waals surface area contributed by atoms with Crippen molar-refractivity contribution >= 4 is 17.4 Å². The molecule has 0 aromatic heterocycles. The van der Waals surface area contributed by atoms with E-state index in [0.29, 0.717) is 24.0 Å². The summed E-state index contributed by atoms with van der Waals surface area (Å²) in [5.41, 5.74) is 4.05. The highest BCUT2D eigenvalue weighted by atomic mass is 32.2. The summed E-state index contributed by atoms with van der Waals surface area (Å²) in [6.07, 6.45) is 6.27. The van der Waals surface area contributed by atoms with Crippen molar-refractivity contribution in [3.63, 3.8) is 0 Å². The highest BCUT2D eigenvalue weighted by Gasteiger charge is 2.37. The second kappa shape index (κ2) is 5.89. The summed E-state index contributed by atoms with van der Waals surface area (Å²) in [4.78, 5) is 0. The molecule has 5 rings (SSSR count). The molecule has 0 unspecified atom stereocenters. The first-order chi connectivity index (χ1) is 11.9. The van der Waals surface area contributed by atoms with Crippen LogP contribution in [0.5, 0.6) is 5.75 Å². The number of benzene rings is 2. The second-order valence-electron chi connectivity index (χ2n) is 6.91. The molecular formula is C21H21NOS. The molecule has 0 saturated carbocycles. The Kier molecular flexibility index (Phi) is 3.55. The lowest BCUT2D eigenvalue weighted by molar-refractivity contribution is 0.240. The van der Waals surface area contributed by atoms with E-state index in [1.54, 1.807) is 0 Å². The fourth-order valence-electron chi connectivity index (χ4n) is 4.13. The largest absolute Gasteiger partial charge is 0.489 e. The summed E-state index contributed by atoms with van der Waals surface area (Å²) in [5, 5.41) is 3.79. The summed E-state index contributed by atoms with van der Waals surface area (Å²) in [6, 6.07) is 17.8. The predicted octanol–water partition coefficient (Wildman–Crippen LogP) is 5.01. The first-order valence-corrected chi connectivity index (χ1v) is 9.90. The molecule has 3 aliphatic rings. The number of hydrogen-bond acceptors (Lipinski definition) is 3. The van der Waals surface area contributed by atoms with Crippen molar-refractivity contribution < 1.29 is 4.74 Å². The van der Waals surface area contributed by atoms with Gasteiger partial charge in [-0.25, -0.2) is 0 Å². The summed E-state index contributed by atoms with van der Waals surface area (Å²) < 4.78 is 6.10. The summed E-state index contributed by atoms with van der Waals surface area (Å²) in [5.74, 6) is 4.37. The van der Waals surface area contributed by atoms with Gasteiger partial charge in [-0.15, -0.1) is 0 Å². The summed E-state index contributed by atoms with van der Waals surface area (Å²) in [6.45, 7) is 0. The van der Waals surface area contributed by atoms with E-state index in [9.17, 15) is 0 Å². The minimum Gasteiger partial charge on any atom is -0.489 e. The number of rotatable bonds is 3. The summed E-state index contributed by atoms with van der Waals surface area (Å²) in [7, 11) is 0. The molecule has 3 heteroatoms. The van der Waals surface area contributed by atoms with Crippen LogP contribution >= 0.6 is 11.8 Å². The molecule has 2 aromatic rings. The first kappa shape index (κ1) is 14.5. The van der Waals surface area contributed by atoms with Gasteiger partial charge in [0.2, 0.25) is 0 Å². The zero-order valence-electron chi connectivity index (χ0n) is 13.5. The summed E-state index contributed by atoms with van der Waals surface area (Å²) >= 11 is 1.96. The van der Waals surface area contributed by atoms with Gasteiger partial charge < -0.3 is 10.1 Å². The van der Waals surface area contributed by atoms with Crippen LogP contribution in [0.2, 0.25) is 0 Å². The highest BCUT2D eigenvalue weighted by Crippen LogP contribution is 2.49. The van der Waals surface area contributed by atoms with Gasteiger partial charge in [0.05, 0.1) is 6.04 Å². The van der Waals surface area contributed by atoms with Crippen LogP contribution < -0.4 is 10.1 Å². The Balaban J connectivity index is 1.47. The fourth-order valence-corrected chi connectivity index (χ4v) is 4.69.